The third-order valence-corrected chi connectivity index (χ3v) is 8.82. The van der Waals surface area contributed by atoms with Crippen LogP contribution in [-0.4, -0.2) is 0 Å². The minimum atomic E-state index is -0.723. The van der Waals surface area contributed by atoms with Gasteiger partial charge in [0.1, 0.15) is 11.2 Å². The van der Waals surface area contributed by atoms with Crippen molar-refractivity contribution >= 4 is 54.3 Å². The van der Waals surface area contributed by atoms with E-state index in [0.29, 0.717) is 32.7 Å². The molecule has 9 aromatic carbocycles. The van der Waals surface area contributed by atoms with E-state index in [1.807, 2.05) is 0 Å². The molecule has 0 N–H and O–H groups in total. The van der Waals surface area contributed by atoms with Gasteiger partial charge in [-0.2, -0.15) is 0 Å². The van der Waals surface area contributed by atoms with Crippen LogP contribution >= 0.6 is 0 Å². The fraction of sp³-hybridized carbons (Fsp3) is 0. The van der Waals surface area contributed by atoms with E-state index in [0.717, 1.165) is 0 Å². The minimum absolute atomic E-state index is 0.00788. The van der Waals surface area contributed by atoms with Gasteiger partial charge in [-0.15, -0.1) is 0 Å². The number of hydrogen-bond donors (Lipinski definition) is 0. The van der Waals surface area contributed by atoms with Crippen molar-refractivity contribution in [3.05, 3.63) is 182 Å². The van der Waals surface area contributed by atoms with Crippen molar-refractivity contribution in [1.29, 1.82) is 0 Å². The molecule has 0 aliphatic heterocycles. The van der Waals surface area contributed by atoms with Gasteiger partial charge in [0.15, 0.2) is 0 Å². The van der Waals surface area contributed by atoms with Crippen LogP contribution in [-0.2, 0) is 0 Å². The molecule has 0 fully saturated rings. The Bertz CT molecular complexity index is 3760. The molecule has 0 saturated heterocycles. The number of rotatable bonds is 4. The molecular formula is C48H30O. The van der Waals surface area contributed by atoms with Gasteiger partial charge in [0, 0.05) is 10.8 Å². The summed E-state index contributed by atoms with van der Waals surface area (Å²) in [7, 11) is 0. The Hall–Kier alpha value is -6.44. The summed E-state index contributed by atoms with van der Waals surface area (Å²) in [6, 6.07) is 12.8. The van der Waals surface area contributed by atoms with E-state index in [2.05, 4.69) is 0 Å². The first-order valence-electron chi connectivity index (χ1n) is 24.0. The normalized spacial score (nSPS) is 16.5. The lowest BCUT2D eigenvalue weighted by atomic mass is 9.83. The van der Waals surface area contributed by atoms with E-state index in [1.54, 1.807) is 78.9 Å². The molecule has 0 aliphatic rings. The predicted octanol–water partition coefficient (Wildman–Crippen LogP) is 13.7. The van der Waals surface area contributed by atoms with E-state index in [4.69, 9.17) is 19.5 Å². The molecule has 1 nitrogen and oxygen atoms in total. The van der Waals surface area contributed by atoms with Gasteiger partial charge < -0.3 is 4.42 Å². The Balaban J connectivity index is 1.42. The van der Waals surface area contributed by atoms with Crippen LogP contribution in [0.3, 0.4) is 0 Å². The van der Waals surface area contributed by atoms with Crippen molar-refractivity contribution in [3.63, 3.8) is 0 Å². The summed E-state index contributed by atoms with van der Waals surface area (Å²) < 4.78 is 159. The Morgan fingerprint density at radius 3 is 1.63 bits per heavy atom. The molecule has 0 aliphatic carbocycles. The van der Waals surface area contributed by atoms with Gasteiger partial charge in [0.05, 0.1) is 23.3 Å². The standard InChI is InChI=1S/C48H30O/c1-3-14-31(15-4-1)33-26-29-44-43(30-33)48-42(24-13-25-45(48)49-44)47-39-22-11-9-20-37(39)46(38-21-10-12-23-40(38)47)41-28-27-34(32-16-5-2-6-17-32)35-18-7-8-19-36(35)41/h1-30H/i1D,3D,4D,7D,8D,13D,14D,15D,18D,19D,24D,25D,26D,27D,28D,29D,30D. The number of furan rings is 1. The highest BCUT2D eigenvalue weighted by Gasteiger charge is 2.21. The second kappa shape index (κ2) is 11.1. The van der Waals surface area contributed by atoms with Gasteiger partial charge in [-0.05, 0) is 95.0 Å². The molecule has 0 saturated carbocycles. The Morgan fingerprint density at radius 2 is 0.939 bits per heavy atom. The van der Waals surface area contributed by atoms with E-state index < -0.39 is 102 Å². The van der Waals surface area contributed by atoms with E-state index in [-0.39, 0.29) is 67.0 Å². The van der Waals surface area contributed by atoms with Gasteiger partial charge in [-0.3, -0.25) is 0 Å². The monoisotopic (exact) mass is 639 g/mol. The fourth-order valence-electron chi connectivity index (χ4n) is 6.75. The summed E-state index contributed by atoms with van der Waals surface area (Å²) >= 11 is 0. The van der Waals surface area contributed by atoms with E-state index >= 15 is 0 Å². The lowest BCUT2D eigenvalue weighted by molar-refractivity contribution is 0.669. The molecule has 1 heteroatoms. The average molecular weight is 640 g/mol. The third kappa shape index (κ3) is 4.33. The zero-order chi connectivity index (χ0) is 47.1. The van der Waals surface area contributed by atoms with Crippen molar-refractivity contribution < 1.29 is 27.7 Å². The second-order valence-corrected chi connectivity index (χ2v) is 11.5. The number of fused-ring (bicyclic) bond motifs is 6. The Labute approximate surface area is 308 Å². The molecule has 0 radical (unpaired) electrons. The van der Waals surface area contributed by atoms with Crippen molar-refractivity contribution in [2.45, 2.75) is 0 Å². The molecule has 0 amide bonds. The molecule has 10 aromatic rings. The molecular weight excluding hydrogens is 593 g/mol. The van der Waals surface area contributed by atoms with Crippen molar-refractivity contribution in [2.24, 2.45) is 0 Å². The first-order valence-corrected chi connectivity index (χ1v) is 15.5. The van der Waals surface area contributed by atoms with Crippen LogP contribution in [0.25, 0.3) is 98.8 Å². The fourth-order valence-corrected chi connectivity index (χ4v) is 6.75. The lowest BCUT2D eigenvalue weighted by Gasteiger charge is -2.20. The number of hydrogen-bond acceptors (Lipinski definition) is 1. The second-order valence-electron chi connectivity index (χ2n) is 11.5. The topological polar surface area (TPSA) is 13.1 Å². The maximum Gasteiger partial charge on any atom is 0.136 e. The van der Waals surface area contributed by atoms with Crippen LogP contribution in [0, 0.1) is 0 Å². The molecule has 0 bridgehead atoms. The quantitative estimate of drug-likeness (QED) is 0.175. The molecule has 49 heavy (non-hydrogen) atoms. The molecule has 1 aromatic heterocycles. The number of benzene rings is 9. The third-order valence-electron chi connectivity index (χ3n) is 8.82. The first kappa shape index (κ1) is 15.6. The summed E-state index contributed by atoms with van der Waals surface area (Å²) in [6.07, 6.45) is 0. The SMILES string of the molecule is [2H]c1c([2H])c([2H])c(-c2c([2H])c([2H])c3oc4c([2H])c([2H])c([2H])c(-c5c6ccccc6c(-c6c([2H])c([2H])c(-c7ccccc7)c7c([2H])c([2H])c([2H])c([2H])c67)c6ccccc56)c4c3c2[2H])c([2H])c1[2H]. The molecule has 228 valence electrons. The minimum Gasteiger partial charge on any atom is -0.456 e. The maximum atomic E-state index is 9.71. The van der Waals surface area contributed by atoms with Crippen LogP contribution < -0.4 is 0 Å². The van der Waals surface area contributed by atoms with Gasteiger partial charge >= 0.3 is 0 Å². The smallest absolute Gasteiger partial charge is 0.136 e. The zero-order valence-corrected chi connectivity index (χ0v) is 25.4. The summed E-state index contributed by atoms with van der Waals surface area (Å²) in [5, 5.41) is 1.36. The van der Waals surface area contributed by atoms with Gasteiger partial charge in [-0.1, -0.05) is 163 Å². The highest BCUT2D eigenvalue weighted by Crippen LogP contribution is 2.48. The van der Waals surface area contributed by atoms with Gasteiger partial charge in [0.25, 0.3) is 0 Å². The van der Waals surface area contributed by atoms with Crippen LogP contribution in [0.1, 0.15) is 23.3 Å². The summed E-state index contributed by atoms with van der Waals surface area (Å²) in [4.78, 5) is 0. The van der Waals surface area contributed by atoms with Gasteiger partial charge in [0.2, 0.25) is 0 Å². The zero-order valence-electron chi connectivity index (χ0n) is 42.4. The van der Waals surface area contributed by atoms with Crippen LogP contribution in [0.15, 0.2) is 186 Å². The van der Waals surface area contributed by atoms with Crippen molar-refractivity contribution in [1.82, 2.24) is 0 Å². The van der Waals surface area contributed by atoms with Crippen LogP contribution in [0.2, 0.25) is 0 Å². The highest BCUT2D eigenvalue weighted by molar-refractivity contribution is 6.27. The average Bonchev–Trinajstić information content (AvgIpc) is 3.73. The largest absolute Gasteiger partial charge is 0.456 e. The summed E-state index contributed by atoms with van der Waals surface area (Å²) in [5.74, 6) is 0. The van der Waals surface area contributed by atoms with Crippen molar-refractivity contribution in [3.8, 4) is 44.5 Å². The van der Waals surface area contributed by atoms with Crippen LogP contribution in [0.4, 0.5) is 0 Å². The predicted molar refractivity (Wildman–Crippen MR) is 208 cm³/mol. The Kier molecular flexibility index (Phi) is 3.54. The van der Waals surface area contributed by atoms with E-state index in [1.165, 1.54) is 0 Å². The van der Waals surface area contributed by atoms with Crippen molar-refractivity contribution in [2.75, 3.05) is 0 Å². The molecule has 10 rings (SSSR count). The Morgan fingerprint density at radius 1 is 0.347 bits per heavy atom. The van der Waals surface area contributed by atoms with E-state index in [9.17, 15) is 8.22 Å². The molecule has 1 heterocycles. The maximum absolute atomic E-state index is 9.71. The summed E-state index contributed by atoms with van der Waals surface area (Å²) in [5.41, 5.74) is -0.368. The molecule has 0 atom stereocenters. The summed E-state index contributed by atoms with van der Waals surface area (Å²) in [6.45, 7) is 0. The highest BCUT2D eigenvalue weighted by atomic mass is 16.3. The molecule has 0 spiro atoms. The molecule has 0 unspecified atom stereocenters. The van der Waals surface area contributed by atoms with Gasteiger partial charge in [-0.25, -0.2) is 0 Å². The van der Waals surface area contributed by atoms with Crippen LogP contribution in [0.5, 0.6) is 0 Å². The first-order chi connectivity index (χ1) is 31.4. The lowest BCUT2D eigenvalue weighted by Crippen LogP contribution is -1.92.